The lowest BCUT2D eigenvalue weighted by molar-refractivity contribution is -0.137. The van der Waals surface area contributed by atoms with Gasteiger partial charge in [0, 0.05) is 44.9 Å². The summed E-state index contributed by atoms with van der Waals surface area (Å²) >= 11 is 0. The summed E-state index contributed by atoms with van der Waals surface area (Å²) in [6.07, 6.45) is 0.383. The van der Waals surface area contributed by atoms with E-state index in [0.29, 0.717) is 57.3 Å². The maximum Gasteiger partial charge on any atom is 0.416 e. The van der Waals surface area contributed by atoms with Crippen molar-refractivity contribution in [3.05, 3.63) is 35.4 Å². The minimum Gasteiger partial charge on any atom is -0.381 e. The molecule has 0 atom stereocenters. The normalized spacial score (nSPS) is 19.3. The van der Waals surface area contributed by atoms with E-state index in [1.165, 1.54) is 25.0 Å². The van der Waals surface area contributed by atoms with Crippen LogP contribution >= 0.6 is 0 Å². The Labute approximate surface area is 182 Å². The van der Waals surface area contributed by atoms with E-state index >= 15 is 0 Å². The molecule has 2 fully saturated rings. The van der Waals surface area contributed by atoms with Crippen LogP contribution in [-0.2, 0) is 21.1 Å². The van der Waals surface area contributed by atoms with Gasteiger partial charge in [0.2, 0.25) is 0 Å². The van der Waals surface area contributed by atoms with Crippen molar-refractivity contribution in [2.75, 3.05) is 46.1 Å². The summed E-state index contributed by atoms with van der Waals surface area (Å²) in [5.41, 5.74) is -0.398. The maximum absolute atomic E-state index is 13.3. The summed E-state index contributed by atoms with van der Waals surface area (Å²) in [7, 11) is 0. The number of hydrogen-bond donors (Lipinski definition) is 2. The molecule has 1 heterocycles. The van der Waals surface area contributed by atoms with Gasteiger partial charge >= 0.3 is 6.18 Å². The van der Waals surface area contributed by atoms with Gasteiger partial charge in [-0.2, -0.15) is 13.2 Å². The quantitative estimate of drug-likeness (QED) is 0.326. The first-order chi connectivity index (χ1) is 14.9. The van der Waals surface area contributed by atoms with E-state index in [-0.39, 0.29) is 0 Å². The van der Waals surface area contributed by atoms with Gasteiger partial charge in [-0.15, -0.1) is 0 Å². The first kappa shape index (κ1) is 23.9. The third-order valence-electron chi connectivity index (χ3n) is 5.94. The number of alkyl halides is 3. The highest BCUT2D eigenvalue weighted by Crippen LogP contribution is 2.38. The van der Waals surface area contributed by atoms with Crippen LogP contribution in [0, 0.1) is 5.92 Å². The highest BCUT2D eigenvalue weighted by molar-refractivity contribution is 5.79. The monoisotopic (exact) mass is 441 g/mol. The van der Waals surface area contributed by atoms with E-state index in [1.807, 2.05) is 6.92 Å². The fraction of sp³-hybridized carbons (Fsp3) is 0.696. The fourth-order valence-corrected chi connectivity index (χ4v) is 3.81. The Hall–Kier alpha value is -1.80. The Kier molecular flexibility index (Phi) is 8.60. The molecule has 0 spiro atoms. The van der Waals surface area contributed by atoms with Crippen molar-refractivity contribution in [1.29, 1.82) is 0 Å². The summed E-state index contributed by atoms with van der Waals surface area (Å²) in [5.74, 6) is 1.45. The molecule has 1 aromatic carbocycles. The summed E-state index contributed by atoms with van der Waals surface area (Å²) in [6, 6.07) is 5.67. The second kappa shape index (κ2) is 11.2. The SMILES string of the molecule is CCNC(=NCC1(c2cccc(C(F)(F)F)c2)CCOCC1)NCCCOCC1CC1. The van der Waals surface area contributed by atoms with Crippen molar-refractivity contribution >= 4 is 5.96 Å². The van der Waals surface area contributed by atoms with Gasteiger partial charge in [-0.05, 0) is 56.6 Å². The van der Waals surface area contributed by atoms with Crippen molar-refractivity contribution in [3.63, 3.8) is 0 Å². The van der Waals surface area contributed by atoms with Crippen molar-refractivity contribution in [3.8, 4) is 0 Å². The molecule has 0 radical (unpaired) electrons. The molecule has 1 saturated carbocycles. The molecule has 0 amide bonds. The van der Waals surface area contributed by atoms with Crippen LogP contribution in [0.25, 0.3) is 0 Å². The highest BCUT2D eigenvalue weighted by Gasteiger charge is 2.37. The summed E-state index contributed by atoms with van der Waals surface area (Å²) < 4.78 is 51.0. The summed E-state index contributed by atoms with van der Waals surface area (Å²) in [5, 5.41) is 6.55. The summed E-state index contributed by atoms with van der Waals surface area (Å²) in [6.45, 7) is 6.46. The van der Waals surface area contributed by atoms with Crippen LogP contribution in [0.4, 0.5) is 13.2 Å². The zero-order valence-electron chi connectivity index (χ0n) is 18.3. The number of halogens is 3. The molecule has 1 saturated heterocycles. The van der Waals surface area contributed by atoms with Gasteiger partial charge in [-0.25, -0.2) is 0 Å². The zero-order chi connectivity index (χ0) is 22.2. The number of benzene rings is 1. The molecule has 31 heavy (non-hydrogen) atoms. The first-order valence-electron chi connectivity index (χ1n) is 11.3. The average Bonchev–Trinajstić information content (AvgIpc) is 3.59. The van der Waals surface area contributed by atoms with E-state index in [1.54, 1.807) is 6.07 Å². The topological polar surface area (TPSA) is 54.9 Å². The number of ether oxygens (including phenoxy) is 2. The number of nitrogens with one attached hydrogen (secondary N) is 2. The van der Waals surface area contributed by atoms with Crippen molar-refractivity contribution < 1.29 is 22.6 Å². The number of hydrogen-bond acceptors (Lipinski definition) is 3. The molecule has 2 aliphatic rings. The van der Waals surface area contributed by atoms with Gasteiger partial charge in [0.25, 0.3) is 0 Å². The molecule has 2 N–H and O–H groups in total. The molecular weight excluding hydrogens is 407 g/mol. The molecule has 174 valence electrons. The largest absolute Gasteiger partial charge is 0.416 e. The lowest BCUT2D eigenvalue weighted by Gasteiger charge is -2.37. The first-order valence-corrected chi connectivity index (χ1v) is 11.3. The lowest BCUT2D eigenvalue weighted by atomic mass is 9.74. The average molecular weight is 442 g/mol. The maximum atomic E-state index is 13.3. The standard InChI is InChI=1S/C23H34F3N3O2/c1-2-27-21(28-11-4-12-31-16-18-7-8-18)29-17-22(9-13-30-14-10-22)19-5-3-6-20(15-19)23(24,25)26/h3,5-6,15,18H,2,4,7-14,16-17H2,1H3,(H2,27,28,29). The zero-order valence-corrected chi connectivity index (χ0v) is 18.3. The third-order valence-corrected chi connectivity index (χ3v) is 5.94. The number of guanidine groups is 1. The molecule has 3 rings (SSSR count). The van der Waals surface area contributed by atoms with Crippen LogP contribution in [-0.4, -0.2) is 52.0 Å². The number of aliphatic imine (C=N–C) groups is 1. The predicted octanol–water partition coefficient (Wildman–Crippen LogP) is 4.13. The van der Waals surface area contributed by atoms with Crippen LogP contribution in [0.5, 0.6) is 0 Å². The van der Waals surface area contributed by atoms with Gasteiger partial charge in [0.1, 0.15) is 0 Å². The Morgan fingerprint density at radius 2 is 2.00 bits per heavy atom. The molecule has 1 aliphatic carbocycles. The lowest BCUT2D eigenvalue weighted by Crippen LogP contribution is -2.41. The Morgan fingerprint density at radius 3 is 2.68 bits per heavy atom. The van der Waals surface area contributed by atoms with Crippen molar-refractivity contribution in [1.82, 2.24) is 10.6 Å². The fourth-order valence-electron chi connectivity index (χ4n) is 3.81. The molecule has 1 aromatic rings. The van der Waals surface area contributed by atoms with E-state index < -0.39 is 17.2 Å². The molecule has 8 heteroatoms. The predicted molar refractivity (Wildman–Crippen MR) is 115 cm³/mol. The van der Waals surface area contributed by atoms with Gasteiger partial charge in [-0.1, -0.05) is 18.2 Å². The highest BCUT2D eigenvalue weighted by atomic mass is 19.4. The molecule has 0 bridgehead atoms. The molecule has 0 unspecified atom stereocenters. The second-order valence-electron chi connectivity index (χ2n) is 8.47. The van der Waals surface area contributed by atoms with Gasteiger partial charge in [0.05, 0.1) is 12.1 Å². The number of rotatable bonds is 10. The van der Waals surface area contributed by atoms with Gasteiger partial charge in [-0.3, -0.25) is 4.99 Å². The molecule has 5 nitrogen and oxygen atoms in total. The van der Waals surface area contributed by atoms with E-state index in [2.05, 4.69) is 10.6 Å². The van der Waals surface area contributed by atoms with Crippen molar-refractivity contribution in [2.45, 2.75) is 50.6 Å². The Balaban J connectivity index is 1.64. The van der Waals surface area contributed by atoms with E-state index in [0.717, 1.165) is 31.6 Å². The van der Waals surface area contributed by atoms with Crippen LogP contribution in [0.2, 0.25) is 0 Å². The van der Waals surface area contributed by atoms with Gasteiger partial charge in [0.15, 0.2) is 5.96 Å². The van der Waals surface area contributed by atoms with E-state index in [4.69, 9.17) is 14.5 Å². The Morgan fingerprint density at radius 1 is 1.23 bits per heavy atom. The minimum atomic E-state index is -4.36. The second-order valence-corrected chi connectivity index (χ2v) is 8.47. The summed E-state index contributed by atoms with van der Waals surface area (Å²) in [4.78, 5) is 4.75. The van der Waals surface area contributed by atoms with Crippen LogP contribution in [0.15, 0.2) is 29.3 Å². The molecular formula is C23H34F3N3O2. The molecule has 1 aliphatic heterocycles. The third kappa shape index (κ3) is 7.38. The van der Waals surface area contributed by atoms with Crippen LogP contribution in [0.3, 0.4) is 0 Å². The van der Waals surface area contributed by atoms with Crippen LogP contribution in [0.1, 0.15) is 50.2 Å². The smallest absolute Gasteiger partial charge is 0.381 e. The Bertz CT molecular complexity index is 714. The number of nitrogens with zero attached hydrogens (tertiary/aromatic N) is 1. The van der Waals surface area contributed by atoms with Crippen LogP contribution < -0.4 is 10.6 Å². The van der Waals surface area contributed by atoms with Crippen molar-refractivity contribution in [2.24, 2.45) is 10.9 Å². The molecule has 0 aromatic heterocycles. The minimum absolute atomic E-state index is 0.408. The van der Waals surface area contributed by atoms with Gasteiger partial charge < -0.3 is 20.1 Å². The van der Waals surface area contributed by atoms with E-state index in [9.17, 15) is 13.2 Å².